The molecule has 3 aromatic carbocycles. The molecular weight excluding hydrogens is 420 g/mol. The predicted molar refractivity (Wildman–Crippen MR) is 121 cm³/mol. The Morgan fingerprint density at radius 3 is 2.40 bits per heavy atom. The van der Waals surface area contributed by atoms with E-state index in [-0.39, 0.29) is 11.4 Å². The fraction of sp³-hybridized carbons (Fsp3) is 0.174. The van der Waals surface area contributed by atoms with E-state index in [9.17, 15) is 13.2 Å². The zero-order chi connectivity index (χ0) is 21.5. The van der Waals surface area contributed by atoms with Crippen LogP contribution in [-0.2, 0) is 14.8 Å². The third-order valence-corrected chi connectivity index (χ3v) is 7.19. The molecule has 0 unspecified atom stereocenters. The number of nitrogens with one attached hydrogen (secondary N) is 1. The molecule has 1 aliphatic rings. The number of nitrogens with zero attached hydrogens (tertiary/aromatic N) is 1. The molecule has 0 aliphatic carbocycles. The van der Waals surface area contributed by atoms with Gasteiger partial charge in [-0.2, -0.15) is 0 Å². The van der Waals surface area contributed by atoms with Crippen LogP contribution in [0.4, 0.5) is 11.4 Å². The van der Waals surface area contributed by atoms with Gasteiger partial charge in [-0.3, -0.25) is 9.10 Å². The maximum absolute atomic E-state index is 13.3. The first kappa shape index (κ1) is 20.4. The van der Waals surface area contributed by atoms with Crippen LogP contribution in [0.3, 0.4) is 0 Å². The lowest BCUT2D eigenvalue weighted by Gasteiger charge is -2.32. The number of amides is 1. The second kappa shape index (κ2) is 7.78. The van der Waals surface area contributed by atoms with Crippen LogP contribution in [0, 0.1) is 0 Å². The van der Waals surface area contributed by atoms with Crippen LogP contribution < -0.4 is 9.62 Å². The lowest BCUT2D eigenvalue weighted by Crippen LogP contribution is -2.40. The molecule has 30 heavy (non-hydrogen) atoms. The van der Waals surface area contributed by atoms with Gasteiger partial charge in [0.15, 0.2) is 0 Å². The molecule has 0 fully saturated rings. The van der Waals surface area contributed by atoms with Gasteiger partial charge < -0.3 is 5.32 Å². The van der Waals surface area contributed by atoms with E-state index in [1.54, 1.807) is 48.5 Å². The summed E-state index contributed by atoms with van der Waals surface area (Å²) in [5.41, 5.74) is 3.63. The van der Waals surface area contributed by atoms with Crippen LogP contribution in [0.1, 0.15) is 25.3 Å². The molecule has 154 valence electrons. The normalized spacial score (nSPS) is 14.2. The number of hydrogen-bond acceptors (Lipinski definition) is 3. The zero-order valence-corrected chi connectivity index (χ0v) is 18.2. The van der Waals surface area contributed by atoms with Gasteiger partial charge in [0.1, 0.15) is 6.54 Å². The number of sulfonamides is 1. The average molecular weight is 441 g/mol. The van der Waals surface area contributed by atoms with Crippen molar-refractivity contribution >= 4 is 38.9 Å². The summed E-state index contributed by atoms with van der Waals surface area (Å²) in [6.07, 6.45) is 0. The number of fused-ring (bicyclic) bond motifs is 3. The molecule has 3 aromatic rings. The van der Waals surface area contributed by atoms with Gasteiger partial charge in [0.05, 0.1) is 10.6 Å². The van der Waals surface area contributed by atoms with Crippen molar-refractivity contribution in [3.05, 3.63) is 77.3 Å². The van der Waals surface area contributed by atoms with Gasteiger partial charge >= 0.3 is 0 Å². The Hall–Kier alpha value is -2.83. The summed E-state index contributed by atoms with van der Waals surface area (Å²) < 4.78 is 27.9. The summed E-state index contributed by atoms with van der Waals surface area (Å²) >= 11 is 5.88. The highest BCUT2D eigenvalue weighted by Crippen LogP contribution is 2.43. The molecule has 5 nitrogen and oxygen atoms in total. The molecule has 7 heteroatoms. The van der Waals surface area contributed by atoms with Crippen LogP contribution in [0.2, 0.25) is 5.02 Å². The summed E-state index contributed by atoms with van der Waals surface area (Å²) in [6.45, 7) is 3.85. The van der Waals surface area contributed by atoms with Crippen molar-refractivity contribution in [1.82, 2.24) is 0 Å². The molecule has 0 spiro atoms. The van der Waals surface area contributed by atoms with Gasteiger partial charge in [-0.25, -0.2) is 8.42 Å². The molecule has 1 amide bonds. The van der Waals surface area contributed by atoms with E-state index < -0.39 is 15.9 Å². The van der Waals surface area contributed by atoms with E-state index in [2.05, 4.69) is 19.2 Å². The molecule has 0 saturated heterocycles. The molecule has 0 aromatic heterocycles. The van der Waals surface area contributed by atoms with Gasteiger partial charge in [0.2, 0.25) is 5.91 Å². The molecule has 4 rings (SSSR count). The van der Waals surface area contributed by atoms with Crippen LogP contribution in [0.15, 0.2) is 71.6 Å². The van der Waals surface area contributed by atoms with Crippen molar-refractivity contribution in [3.8, 4) is 11.1 Å². The van der Waals surface area contributed by atoms with Crippen LogP contribution >= 0.6 is 11.6 Å². The Kier molecular flexibility index (Phi) is 5.30. The lowest BCUT2D eigenvalue weighted by molar-refractivity contribution is -0.114. The third kappa shape index (κ3) is 3.68. The number of benzene rings is 3. The second-order valence-electron chi connectivity index (χ2n) is 7.49. The van der Waals surface area contributed by atoms with Crippen LogP contribution in [0.5, 0.6) is 0 Å². The fourth-order valence-corrected chi connectivity index (χ4v) is 5.32. The summed E-state index contributed by atoms with van der Waals surface area (Å²) in [5, 5.41) is 3.29. The predicted octanol–water partition coefficient (Wildman–Crippen LogP) is 5.28. The van der Waals surface area contributed by atoms with E-state index in [0.717, 1.165) is 11.1 Å². The third-order valence-electron chi connectivity index (χ3n) is 5.12. The summed E-state index contributed by atoms with van der Waals surface area (Å²) in [5.74, 6) is -0.137. The highest BCUT2D eigenvalue weighted by Gasteiger charge is 2.36. The van der Waals surface area contributed by atoms with Crippen LogP contribution in [-0.4, -0.2) is 20.9 Å². The lowest BCUT2D eigenvalue weighted by atomic mass is 9.95. The Balaban J connectivity index is 1.74. The summed E-state index contributed by atoms with van der Waals surface area (Å²) in [6, 6.07) is 19.3. The number of halogens is 1. The van der Waals surface area contributed by atoms with Gasteiger partial charge in [-0.05, 0) is 53.9 Å². The van der Waals surface area contributed by atoms with Gasteiger partial charge in [0.25, 0.3) is 10.0 Å². The molecule has 0 saturated carbocycles. The molecular formula is C23H21ClN2O3S. The van der Waals surface area contributed by atoms with E-state index in [1.807, 2.05) is 18.2 Å². The molecule has 0 bridgehead atoms. The van der Waals surface area contributed by atoms with Crippen LogP contribution in [0.25, 0.3) is 11.1 Å². The van der Waals surface area contributed by atoms with E-state index in [0.29, 0.717) is 27.9 Å². The van der Waals surface area contributed by atoms with Crippen molar-refractivity contribution in [3.63, 3.8) is 0 Å². The van der Waals surface area contributed by atoms with Crippen molar-refractivity contribution in [2.75, 3.05) is 16.2 Å². The summed E-state index contributed by atoms with van der Waals surface area (Å²) in [7, 11) is -3.87. The topological polar surface area (TPSA) is 66.5 Å². The van der Waals surface area contributed by atoms with E-state index in [1.165, 1.54) is 4.31 Å². The maximum Gasteiger partial charge on any atom is 0.265 e. The Morgan fingerprint density at radius 2 is 1.70 bits per heavy atom. The first-order chi connectivity index (χ1) is 14.3. The number of rotatable bonds is 4. The van der Waals surface area contributed by atoms with Crippen molar-refractivity contribution in [2.45, 2.75) is 24.7 Å². The fourth-order valence-electron chi connectivity index (χ4n) is 3.54. The van der Waals surface area contributed by atoms with Crippen molar-refractivity contribution in [1.29, 1.82) is 0 Å². The number of carbonyl (C=O) groups excluding carboxylic acids is 1. The van der Waals surface area contributed by atoms with Crippen molar-refractivity contribution < 1.29 is 13.2 Å². The van der Waals surface area contributed by atoms with Crippen molar-refractivity contribution in [2.24, 2.45) is 0 Å². The molecule has 1 aliphatic heterocycles. The van der Waals surface area contributed by atoms with Gasteiger partial charge in [-0.15, -0.1) is 0 Å². The zero-order valence-electron chi connectivity index (χ0n) is 16.6. The SMILES string of the molecule is CC(C)c1ccc2c(c1)-c1ccccc1S(=O)(=O)N2CC(=O)Nc1ccc(Cl)cc1. The first-order valence-electron chi connectivity index (χ1n) is 9.59. The highest BCUT2D eigenvalue weighted by molar-refractivity contribution is 7.93. The Morgan fingerprint density at radius 1 is 1.00 bits per heavy atom. The minimum atomic E-state index is -3.87. The number of hydrogen-bond donors (Lipinski definition) is 1. The van der Waals surface area contributed by atoms with E-state index >= 15 is 0 Å². The minimum Gasteiger partial charge on any atom is -0.325 e. The minimum absolute atomic E-state index is 0.206. The smallest absolute Gasteiger partial charge is 0.265 e. The first-order valence-corrected chi connectivity index (χ1v) is 11.4. The van der Waals surface area contributed by atoms with Gasteiger partial charge in [0, 0.05) is 21.8 Å². The average Bonchev–Trinajstić information content (AvgIpc) is 2.72. The Bertz CT molecular complexity index is 1220. The molecule has 0 atom stereocenters. The highest BCUT2D eigenvalue weighted by atomic mass is 35.5. The van der Waals surface area contributed by atoms with Gasteiger partial charge in [-0.1, -0.05) is 49.7 Å². The number of carbonyl (C=O) groups is 1. The molecule has 1 heterocycles. The second-order valence-corrected chi connectivity index (χ2v) is 9.76. The summed E-state index contributed by atoms with van der Waals surface area (Å²) in [4.78, 5) is 12.9. The monoisotopic (exact) mass is 440 g/mol. The maximum atomic E-state index is 13.3. The largest absolute Gasteiger partial charge is 0.325 e. The van der Waals surface area contributed by atoms with E-state index in [4.69, 9.17) is 11.6 Å². The quantitative estimate of drug-likeness (QED) is 0.600. The Labute approximate surface area is 181 Å². The molecule has 1 N–H and O–H groups in total. The standard InChI is InChI=1S/C23H21ClN2O3S/c1-15(2)16-7-12-21-20(13-16)19-5-3-4-6-22(19)30(28,29)26(21)14-23(27)25-18-10-8-17(24)9-11-18/h3-13,15H,14H2,1-2H3,(H,25,27). The molecule has 0 radical (unpaired) electrons. The number of anilines is 2.